The second-order valence-electron chi connectivity index (χ2n) is 4.86. The molecule has 1 unspecified atom stereocenters. The minimum atomic E-state index is -0.455. The van der Waals surface area contributed by atoms with E-state index in [0.29, 0.717) is 6.42 Å². The van der Waals surface area contributed by atoms with E-state index in [0.717, 1.165) is 19.3 Å². The number of likely N-dealkylation sites (N-methyl/N-ethyl adjacent to an activating group) is 1. The minimum absolute atomic E-state index is 0.0985. The first-order valence-electron chi connectivity index (χ1n) is 6.83. The molecular formula is C16H19F2NS. The van der Waals surface area contributed by atoms with Gasteiger partial charge in [-0.05, 0) is 56.3 Å². The normalized spacial score (nSPS) is 12.6. The fourth-order valence-electron chi connectivity index (χ4n) is 2.30. The van der Waals surface area contributed by atoms with Crippen LogP contribution in [0.15, 0.2) is 35.7 Å². The van der Waals surface area contributed by atoms with E-state index in [1.807, 2.05) is 13.1 Å². The van der Waals surface area contributed by atoms with Crippen molar-refractivity contribution in [1.29, 1.82) is 0 Å². The molecule has 1 nitrogen and oxygen atoms in total. The van der Waals surface area contributed by atoms with Gasteiger partial charge in [-0.25, -0.2) is 8.78 Å². The molecule has 0 aliphatic carbocycles. The van der Waals surface area contributed by atoms with Crippen LogP contribution in [0.5, 0.6) is 0 Å². The third-order valence-corrected chi connectivity index (χ3v) is 4.41. The predicted molar refractivity (Wildman–Crippen MR) is 80.2 cm³/mol. The Morgan fingerprint density at radius 1 is 1.15 bits per heavy atom. The van der Waals surface area contributed by atoms with Crippen LogP contribution in [0.2, 0.25) is 0 Å². The molecule has 1 aromatic carbocycles. The number of rotatable bonds is 7. The number of hydrogen-bond donors (Lipinski definition) is 1. The maximum absolute atomic E-state index is 13.6. The zero-order valence-corrected chi connectivity index (χ0v) is 12.4. The summed E-state index contributed by atoms with van der Waals surface area (Å²) in [6.45, 7) is 0. The zero-order chi connectivity index (χ0) is 14.4. The van der Waals surface area contributed by atoms with Gasteiger partial charge in [-0.3, -0.25) is 0 Å². The molecule has 0 radical (unpaired) electrons. The summed E-state index contributed by atoms with van der Waals surface area (Å²) >= 11 is 1.75. The fraction of sp³-hybridized carbons (Fsp3) is 0.375. The lowest BCUT2D eigenvalue weighted by Gasteiger charge is -2.16. The minimum Gasteiger partial charge on any atom is -0.317 e. The van der Waals surface area contributed by atoms with Crippen molar-refractivity contribution < 1.29 is 8.78 Å². The molecule has 0 aliphatic rings. The quantitative estimate of drug-likeness (QED) is 0.808. The lowest BCUT2D eigenvalue weighted by atomic mass is 10.00. The standard InChI is InChI=1S/C16H19F2NS/c1-19-12(5-2-6-13-7-4-10-20-13)11-14-15(17)8-3-9-16(14)18/h3-4,7-10,12,19H,2,5-6,11H2,1H3. The smallest absolute Gasteiger partial charge is 0.129 e. The molecule has 0 saturated carbocycles. The largest absolute Gasteiger partial charge is 0.317 e. The molecule has 1 aromatic heterocycles. The van der Waals surface area contributed by atoms with Gasteiger partial charge in [0.1, 0.15) is 11.6 Å². The van der Waals surface area contributed by atoms with Gasteiger partial charge in [-0.1, -0.05) is 12.1 Å². The molecule has 0 spiro atoms. The van der Waals surface area contributed by atoms with E-state index in [1.54, 1.807) is 11.3 Å². The lowest BCUT2D eigenvalue weighted by Crippen LogP contribution is -2.28. The van der Waals surface area contributed by atoms with Crippen molar-refractivity contribution in [2.45, 2.75) is 31.7 Å². The van der Waals surface area contributed by atoms with Crippen molar-refractivity contribution in [2.24, 2.45) is 0 Å². The zero-order valence-electron chi connectivity index (χ0n) is 11.5. The van der Waals surface area contributed by atoms with Crippen LogP contribution in [0.3, 0.4) is 0 Å². The van der Waals surface area contributed by atoms with Crippen LogP contribution in [0.25, 0.3) is 0 Å². The topological polar surface area (TPSA) is 12.0 Å². The van der Waals surface area contributed by atoms with Gasteiger partial charge >= 0.3 is 0 Å². The molecule has 0 saturated heterocycles. The summed E-state index contributed by atoms with van der Waals surface area (Å²) in [5, 5.41) is 5.22. The second kappa shape index (κ2) is 7.50. The van der Waals surface area contributed by atoms with Crippen molar-refractivity contribution in [3.05, 3.63) is 57.8 Å². The first-order valence-corrected chi connectivity index (χ1v) is 7.71. The van der Waals surface area contributed by atoms with Crippen LogP contribution in [-0.2, 0) is 12.8 Å². The Morgan fingerprint density at radius 2 is 1.90 bits per heavy atom. The number of thiophene rings is 1. The van der Waals surface area contributed by atoms with E-state index in [2.05, 4.69) is 16.8 Å². The number of halogens is 2. The highest BCUT2D eigenvalue weighted by molar-refractivity contribution is 7.09. The number of benzene rings is 1. The molecule has 0 aliphatic heterocycles. The van der Waals surface area contributed by atoms with Crippen LogP contribution in [0.1, 0.15) is 23.3 Å². The van der Waals surface area contributed by atoms with E-state index in [4.69, 9.17) is 0 Å². The van der Waals surface area contributed by atoms with Gasteiger partial charge in [0.2, 0.25) is 0 Å². The lowest BCUT2D eigenvalue weighted by molar-refractivity contribution is 0.472. The summed E-state index contributed by atoms with van der Waals surface area (Å²) in [5.74, 6) is -0.910. The van der Waals surface area contributed by atoms with Crippen LogP contribution >= 0.6 is 11.3 Å². The van der Waals surface area contributed by atoms with Crippen LogP contribution < -0.4 is 5.32 Å². The highest BCUT2D eigenvalue weighted by Gasteiger charge is 2.14. The first-order chi connectivity index (χ1) is 9.70. The van der Waals surface area contributed by atoms with Gasteiger partial charge in [0.25, 0.3) is 0 Å². The van der Waals surface area contributed by atoms with Gasteiger partial charge < -0.3 is 5.32 Å². The molecule has 2 aromatic rings. The van der Waals surface area contributed by atoms with Crippen LogP contribution in [-0.4, -0.2) is 13.1 Å². The maximum Gasteiger partial charge on any atom is 0.129 e. The van der Waals surface area contributed by atoms with E-state index in [-0.39, 0.29) is 11.6 Å². The molecular weight excluding hydrogens is 276 g/mol. The summed E-state index contributed by atoms with van der Waals surface area (Å²) in [4.78, 5) is 1.36. The highest BCUT2D eigenvalue weighted by atomic mass is 32.1. The molecule has 1 heterocycles. The summed E-state index contributed by atoms with van der Waals surface area (Å²) in [6.07, 6.45) is 3.33. The monoisotopic (exact) mass is 295 g/mol. The average Bonchev–Trinajstić information content (AvgIpc) is 2.94. The second-order valence-corrected chi connectivity index (χ2v) is 5.89. The van der Waals surface area contributed by atoms with Crippen molar-refractivity contribution in [3.8, 4) is 0 Å². The van der Waals surface area contributed by atoms with Crippen molar-refractivity contribution in [1.82, 2.24) is 5.32 Å². The van der Waals surface area contributed by atoms with E-state index >= 15 is 0 Å². The molecule has 2 rings (SSSR count). The van der Waals surface area contributed by atoms with Crippen molar-refractivity contribution >= 4 is 11.3 Å². The number of aryl methyl sites for hydroxylation is 1. The predicted octanol–water partition coefficient (Wildman–Crippen LogP) is 4.18. The Labute approximate surface area is 122 Å². The first kappa shape index (κ1) is 15.1. The van der Waals surface area contributed by atoms with Crippen molar-refractivity contribution in [3.63, 3.8) is 0 Å². The molecule has 1 N–H and O–H groups in total. The summed E-state index contributed by atoms with van der Waals surface area (Å²) in [5.41, 5.74) is 0.183. The SMILES string of the molecule is CNC(CCCc1cccs1)Cc1c(F)cccc1F. The summed E-state index contributed by atoms with van der Waals surface area (Å²) < 4.78 is 27.3. The number of nitrogens with one attached hydrogen (secondary N) is 1. The molecule has 1 atom stereocenters. The highest BCUT2D eigenvalue weighted by Crippen LogP contribution is 2.17. The van der Waals surface area contributed by atoms with Crippen molar-refractivity contribution in [2.75, 3.05) is 7.05 Å². The Hall–Kier alpha value is -1.26. The molecule has 4 heteroatoms. The fourth-order valence-corrected chi connectivity index (χ4v) is 3.05. The van der Waals surface area contributed by atoms with Gasteiger partial charge in [-0.15, -0.1) is 11.3 Å². The molecule has 108 valence electrons. The van der Waals surface area contributed by atoms with Crippen LogP contribution in [0, 0.1) is 11.6 Å². The van der Waals surface area contributed by atoms with Gasteiger partial charge in [0, 0.05) is 16.5 Å². The van der Waals surface area contributed by atoms with E-state index in [9.17, 15) is 8.78 Å². The Bertz CT molecular complexity index is 505. The van der Waals surface area contributed by atoms with E-state index in [1.165, 1.54) is 23.1 Å². The third kappa shape index (κ3) is 4.12. The van der Waals surface area contributed by atoms with E-state index < -0.39 is 11.6 Å². The summed E-state index contributed by atoms with van der Waals surface area (Å²) in [7, 11) is 1.84. The Kier molecular flexibility index (Phi) is 5.68. The molecule has 20 heavy (non-hydrogen) atoms. The number of hydrogen-bond acceptors (Lipinski definition) is 2. The Morgan fingerprint density at radius 3 is 2.50 bits per heavy atom. The van der Waals surface area contributed by atoms with Gasteiger partial charge in [0.15, 0.2) is 0 Å². The average molecular weight is 295 g/mol. The third-order valence-electron chi connectivity index (χ3n) is 3.48. The molecule has 0 amide bonds. The maximum atomic E-state index is 13.6. The molecule has 0 fully saturated rings. The van der Waals surface area contributed by atoms with Gasteiger partial charge in [0.05, 0.1) is 0 Å². The Balaban J connectivity index is 1.88. The van der Waals surface area contributed by atoms with Crippen LogP contribution in [0.4, 0.5) is 8.78 Å². The summed E-state index contributed by atoms with van der Waals surface area (Å²) in [6, 6.07) is 8.30. The van der Waals surface area contributed by atoms with Gasteiger partial charge in [-0.2, -0.15) is 0 Å². The molecule has 0 bridgehead atoms.